The van der Waals surface area contributed by atoms with Crippen molar-refractivity contribution in [3.05, 3.63) is 35.4 Å². The second-order valence-corrected chi connectivity index (χ2v) is 8.36. The predicted octanol–water partition coefficient (Wildman–Crippen LogP) is 2.78. The van der Waals surface area contributed by atoms with Gasteiger partial charge in [0.05, 0.1) is 0 Å². The minimum absolute atomic E-state index is 0.0908. The lowest BCUT2D eigenvalue weighted by molar-refractivity contribution is 0.0751. The molecule has 0 N–H and O–H groups in total. The van der Waals surface area contributed by atoms with Crippen molar-refractivity contribution in [1.29, 1.82) is 0 Å². The van der Waals surface area contributed by atoms with E-state index in [9.17, 15) is 9.00 Å². The van der Waals surface area contributed by atoms with Crippen molar-refractivity contribution in [2.45, 2.75) is 19.6 Å². The van der Waals surface area contributed by atoms with Crippen LogP contribution in [-0.4, -0.2) is 45.4 Å². The largest absolute Gasteiger partial charge is 0.337 e. The molecule has 116 valence electrons. The molecule has 1 aliphatic heterocycles. The molecule has 0 aliphatic carbocycles. The molecule has 2 rings (SSSR count). The van der Waals surface area contributed by atoms with Crippen molar-refractivity contribution in [3.63, 3.8) is 0 Å². The highest BCUT2D eigenvalue weighted by Crippen LogP contribution is 2.19. The smallest absolute Gasteiger partial charge is 0.254 e. The molecule has 1 amide bonds. The van der Waals surface area contributed by atoms with Gasteiger partial charge in [0.2, 0.25) is 0 Å². The molecule has 0 unspecified atom stereocenters. The van der Waals surface area contributed by atoms with Crippen molar-refractivity contribution in [3.8, 4) is 0 Å². The van der Waals surface area contributed by atoms with Gasteiger partial charge < -0.3 is 4.90 Å². The Morgan fingerprint density at radius 3 is 2.95 bits per heavy atom. The average Bonchev–Trinajstić information content (AvgIpc) is 2.65. The Balaban J connectivity index is 2.17. The van der Waals surface area contributed by atoms with Gasteiger partial charge in [-0.05, 0) is 23.3 Å². The second kappa shape index (κ2) is 7.99. The molecule has 5 heteroatoms. The van der Waals surface area contributed by atoms with E-state index in [1.54, 1.807) is 0 Å². The molecular weight excluding hydrogens is 302 g/mol. The van der Waals surface area contributed by atoms with Crippen LogP contribution in [0.15, 0.2) is 24.3 Å². The Bertz CT molecular complexity index is 519. The van der Waals surface area contributed by atoms with Gasteiger partial charge in [-0.25, -0.2) is 0 Å². The quantitative estimate of drug-likeness (QED) is 0.854. The van der Waals surface area contributed by atoms with E-state index in [1.807, 2.05) is 40.9 Å². The van der Waals surface area contributed by atoms with E-state index in [1.165, 1.54) is 0 Å². The van der Waals surface area contributed by atoms with E-state index in [2.05, 4.69) is 13.8 Å². The molecule has 0 radical (unpaired) electrons. The van der Waals surface area contributed by atoms with Crippen LogP contribution in [0.3, 0.4) is 0 Å². The summed E-state index contributed by atoms with van der Waals surface area (Å²) in [7, 11) is -0.789. The van der Waals surface area contributed by atoms with Crippen LogP contribution in [0.4, 0.5) is 0 Å². The molecule has 1 aliphatic rings. The highest BCUT2D eigenvalue weighted by molar-refractivity contribution is 7.98. The number of carbonyl (C=O) groups excluding carboxylic acids is 1. The summed E-state index contributed by atoms with van der Waals surface area (Å²) >= 11 is 1.83. The lowest BCUT2D eigenvalue weighted by atomic mass is 10.1. The average molecular weight is 325 g/mol. The topological polar surface area (TPSA) is 37.4 Å². The van der Waals surface area contributed by atoms with E-state index in [0.29, 0.717) is 30.5 Å². The Kier molecular flexibility index (Phi) is 6.30. The fraction of sp³-hybridized carbons (Fsp3) is 0.562. The van der Waals surface area contributed by atoms with E-state index in [4.69, 9.17) is 0 Å². The summed E-state index contributed by atoms with van der Waals surface area (Å²) in [5.41, 5.74) is 1.91. The third-order valence-corrected chi connectivity index (χ3v) is 6.09. The van der Waals surface area contributed by atoms with Crippen LogP contribution in [0, 0.1) is 5.92 Å². The first-order valence-electron chi connectivity index (χ1n) is 7.41. The van der Waals surface area contributed by atoms with Crippen molar-refractivity contribution in [1.82, 2.24) is 4.90 Å². The summed E-state index contributed by atoms with van der Waals surface area (Å²) in [5.74, 6) is 3.61. The lowest BCUT2D eigenvalue weighted by Crippen LogP contribution is -2.35. The van der Waals surface area contributed by atoms with Gasteiger partial charge in [0.1, 0.15) is 0 Å². The predicted molar refractivity (Wildman–Crippen MR) is 91.2 cm³/mol. The number of nitrogens with zero attached hydrogens (tertiary/aromatic N) is 1. The molecule has 2 atom stereocenters. The molecule has 1 heterocycles. The van der Waals surface area contributed by atoms with E-state index in [0.717, 1.165) is 22.6 Å². The first kappa shape index (κ1) is 16.6. The SMILES string of the molecule is CCSCc1ccccc1C(=O)N1CC[S@](=O)C[C@H](C)C1. The van der Waals surface area contributed by atoms with Crippen LogP contribution < -0.4 is 0 Å². The van der Waals surface area contributed by atoms with Gasteiger partial charge in [0, 0.05) is 46.7 Å². The lowest BCUT2D eigenvalue weighted by Gasteiger charge is -2.23. The Morgan fingerprint density at radius 2 is 2.19 bits per heavy atom. The normalized spacial score (nSPS) is 22.9. The van der Waals surface area contributed by atoms with Crippen LogP contribution >= 0.6 is 11.8 Å². The monoisotopic (exact) mass is 325 g/mol. The van der Waals surface area contributed by atoms with Crippen LogP contribution in [0.2, 0.25) is 0 Å². The summed E-state index contributed by atoms with van der Waals surface area (Å²) < 4.78 is 11.8. The number of benzene rings is 1. The molecule has 0 aromatic heterocycles. The van der Waals surface area contributed by atoms with Crippen molar-refractivity contribution >= 4 is 28.5 Å². The first-order chi connectivity index (χ1) is 10.1. The van der Waals surface area contributed by atoms with Gasteiger partial charge >= 0.3 is 0 Å². The van der Waals surface area contributed by atoms with Gasteiger partial charge in [-0.3, -0.25) is 9.00 Å². The molecule has 21 heavy (non-hydrogen) atoms. The van der Waals surface area contributed by atoms with Crippen molar-refractivity contribution in [2.24, 2.45) is 5.92 Å². The van der Waals surface area contributed by atoms with Crippen LogP contribution in [0.1, 0.15) is 29.8 Å². The molecule has 1 aromatic rings. The number of hydrogen-bond donors (Lipinski definition) is 0. The molecule has 0 bridgehead atoms. The van der Waals surface area contributed by atoms with E-state index < -0.39 is 10.8 Å². The fourth-order valence-corrected chi connectivity index (χ4v) is 4.56. The summed E-state index contributed by atoms with van der Waals surface area (Å²) in [4.78, 5) is 14.7. The number of hydrogen-bond acceptors (Lipinski definition) is 3. The maximum absolute atomic E-state index is 12.8. The molecule has 1 saturated heterocycles. The highest BCUT2D eigenvalue weighted by atomic mass is 32.2. The van der Waals surface area contributed by atoms with Gasteiger partial charge in [-0.1, -0.05) is 32.0 Å². The van der Waals surface area contributed by atoms with Crippen LogP contribution in [0.5, 0.6) is 0 Å². The zero-order valence-corrected chi connectivity index (χ0v) is 14.3. The minimum atomic E-state index is -0.789. The Hall–Kier alpha value is -0.810. The third kappa shape index (κ3) is 4.58. The minimum Gasteiger partial charge on any atom is -0.337 e. The molecule has 1 fully saturated rings. The number of carbonyl (C=O) groups is 1. The highest BCUT2D eigenvalue weighted by Gasteiger charge is 2.24. The first-order valence-corrected chi connectivity index (χ1v) is 10.1. The molecule has 1 aromatic carbocycles. The molecule has 0 spiro atoms. The van der Waals surface area contributed by atoms with E-state index >= 15 is 0 Å². The maximum Gasteiger partial charge on any atom is 0.254 e. The van der Waals surface area contributed by atoms with Gasteiger partial charge in [0.15, 0.2) is 0 Å². The Labute approximate surface area is 133 Å². The van der Waals surface area contributed by atoms with Crippen LogP contribution in [-0.2, 0) is 16.6 Å². The number of amides is 1. The van der Waals surface area contributed by atoms with Crippen molar-refractivity contribution in [2.75, 3.05) is 30.3 Å². The summed E-state index contributed by atoms with van der Waals surface area (Å²) in [6, 6.07) is 7.87. The number of rotatable bonds is 4. The van der Waals surface area contributed by atoms with Crippen molar-refractivity contribution < 1.29 is 9.00 Å². The molecule has 0 saturated carbocycles. The molecule has 3 nitrogen and oxygen atoms in total. The fourth-order valence-electron chi connectivity index (χ4n) is 2.55. The summed E-state index contributed by atoms with van der Waals surface area (Å²) in [6.07, 6.45) is 0. The zero-order chi connectivity index (χ0) is 15.2. The second-order valence-electron chi connectivity index (χ2n) is 5.46. The third-order valence-electron chi connectivity index (χ3n) is 3.59. The van der Waals surface area contributed by atoms with Gasteiger partial charge in [-0.2, -0.15) is 11.8 Å². The molecular formula is C16H23NO2S2. The summed E-state index contributed by atoms with van der Waals surface area (Å²) in [5, 5.41) is 0. The number of thioether (sulfide) groups is 1. The summed E-state index contributed by atoms with van der Waals surface area (Å²) in [6.45, 7) is 5.51. The van der Waals surface area contributed by atoms with Gasteiger partial charge in [0.25, 0.3) is 5.91 Å². The van der Waals surface area contributed by atoms with Gasteiger partial charge in [-0.15, -0.1) is 0 Å². The van der Waals surface area contributed by atoms with E-state index in [-0.39, 0.29) is 5.91 Å². The standard InChI is InChI=1S/C16H23NO2S2/c1-3-20-11-14-6-4-5-7-15(14)16(18)17-8-9-21(19)12-13(2)10-17/h4-7,13H,3,8-12H2,1-2H3/t13-,21+/m1/s1. The Morgan fingerprint density at radius 1 is 1.43 bits per heavy atom. The maximum atomic E-state index is 12.8. The zero-order valence-electron chi connectivity index (χ0n) is 12.7. The van der Waals surface area contributed by atoms with Crippen LogP contribution in [0.25, 0.3) is 0 Å².